The Labute approximate surface area is 128 Å². The SMILES string of the molecule is CNCC(C)C(=O)NC(C)c1ccc(C(C)C)cc1.Cl. The molecule has 2 atom stereocenters. The summed E-state index contributed by atoms with van der Waals surface area (Å²) >= 11 is 0. The lowest BCUT2D eigenvalue weighted by atomic mass is 9.99. The fraction of sp³-hybridized carbons (Fsp3) is 0.562. The van der Waals surface area contributed by atoms with Crippen molar-refractivity contribution in [3.63, 3.8) is 0 Å². The molecule has 4 heteroatoms. The van der Waals surface area contributed by atoms with E-state index >= 15 is 0 Å². The minimum atomic E-state index is -0.0117. The number of rotatable bonds is 6. The summed E-state index contributed by atoms with van der Waals surface area (Å²) in [6.07, 6.45) is 0. The summed E-state index contributed by atoms with van der Waals surface area (Å²) < 4.78 is 0. The van der Waals surface area contributed by atoms with Gasteiger partial charge in [0.05, 0.1) is 6.04 Å². The molecule has 0 spiro atoms. The van der Waals surface area contributed by atoms with E-state index in [1.54, 1.807) is 0 Å². The number of benzene rings is 1. The predicted molar refractivity (Wildman–Crippen MR) is 87.4 cm³/mol. The monoisotopic (exact) mass is 298 g/mol. The molecule has 0 fully saturated rings. The van der Waals surface area contributed by atoms with Gasteiger partial charge in [0.1, 0.15) is 0 Å². The van der Waals surface area contributed by atoms with Crippen LogP contribution in [0.5, 0.6) is 0 Å². The molecule has 1 aromatic carbocycles. The van der Waals surface area contributed by atoms with Crippen LogP contribution in [0.15, 0.2) is 24.3 Å². The van der Waals surface area contributed by atoms with Crippen molar-refractivity contribution < 1.29 is 4.79 Å². The molecule has 1 aromatic rings. The molecular formula is C16H27ClN2O. The number of halogens is 1. The van der Waals surface area contributed by atoms with Crippen LogP contribution in [0, 0.1) is 5.92 Å². The highest BCUT2D eigenvalue weighted by Gasteiger charge is 2.15. The predicted octanol–water partition coefficient (Wildman–Crippen LogP) is 3.26. The second-order valence-electron chi connectivity index (χ2n) is 5.51. The highest BCUT2D eigenvalue weighted by molar-refractivity contribution is 5.85. The first-order chi connectivity index (χ1) is 8.95. The highest BCUT2D eigenvalue weighted by Crippen LogP contribution is 2.18. The topological polar surface area (TPSA) is 41.1 Å². The minimum absolute atomic E-state index is 0. The molecule has 0 aliphatic carbocycles. The van der Waals surface area contributed by atoms with Gasteiger partial charge in [-0.25, -0.2) is 0 Å². The highest BCUT2D eigenvalue weighted by atomic mass is 35.5. The maximum atomic E-state index is 11.9. The van der Waals surface area contributed by atoms with Crippen molar-refractivity contribution in [3.8, 4) is 0 Å². The largest absolute Gasteiger partial charge is 0.349 e. The zero-order valence-corrected chi connectivity index (χ0v) is 13.9. The summed E-state index contributed by atoms with van der Waals surface area (Å²) in [6, 6.07) is 8.53. The summed E-state index contributed by atoms with van der Waals surface area (Å²) in [5.41, 5.74) is 2.47. The second kappa shape index (κ2) is 8.98. The van der Waals surface area contributed by atoms with E-state index in [1.807, 2.05) is 20.9 Å². The van der Waals surface area contributed by atoms with Crippen molar-refractivity contribution in [2.75, 3.05) is 13.6 Å². The van der Waals surface area contributed by atoms with E-state index in [2.05, 4.69) is 48.7 Å². The molecule has 0 aliphatic heterocycles. The van der Waals surface area contributed by atoms with Gasteiger partial charge in [-0.3, -0.25) is 4.79 Å². The van der Waals surface area contributed by atoms with Crippen molar-refractivity contribution in [1.82, 2.24) is 10.6 Å². The molecule has 0 heterocycles. The molecule has 2 N–H and O–H groups in total. The summed E-state index contributed by atoms with van der Waals surface area (Å²) in [4.78, 5) is 11.9. The Kier molecular flexibility index (Phi) is 8.51. The molecule has 2 unspecified atom stereocenters. The number of carbonyl (C=O) groups excluding carboxylic acids is 1. The van der Waals surface area contributed by atoms with Crippen molar-refractivity contribution >= 4 is 18.3 Å². The third-order valence-electron chi connectivity index (χ3n) is 3.42. The van der Waals surface area contributed by atoms with Gasteiger partial charge in [0.15, 0.2) is 0 Å². The van der Waals surface area contributed by atoms with Gasteiger partial charge < -0.3 is 10.6 Å². The number of carbonyl (C=O) groups is 1. The van der Waals surface area contributed by atoms with E-state index in [1.165, 1.54) is 5.56 Å². The molecular weight excluding hydrogens is 272 g/mol. The molecule has 20 heavy (non-hydrogen) atoms. The Hall–Kier alpha value is -1.06. The molecule has 3 nitrogen and oxygen atoms in total. The molecule has 0 saturated carbocycles. The Morgan fingerprint density at radius 1 is 1.05 bits per heavy atom. The molecule has 1 amide bonds. The summed E-state index contributed by atoms with van der Waals surface area (Å²) in [6.45, 7) is 9.01. The van der Waals surface area contributed by atoms with Crippen LogP contribution in [0.3, 0.4) is 0 Å². The van der Waals surface area contributed by atoms with E-state index in [0.717, 1.165) is 5.56 Å². The maximum absolute atomic E-state index is 11.9. The van der Waals surface area contributed by atoms with Crippen LogP contribution < -0.4 is 10.6 Å². The van der Waals surface area contributed by atoms with Gasteiger partial charge in [0.25, 0.3) is 0 Å². The van der Waals surface area contributed by atoms with Crippen LogP contribution in [-0.2, 0) is 4.79 Å². The Bertz CT molecular complexity index is 403. The second-order valence-corrected chi connectivity index (χ2v) is 5.51. The average molecular weight is 299 g/mol. The van der Waals surface area contributed by atoms with Crippen LogP contribution in [0.2, 0.25) is 0 Å². The van der Waals surface area contributed by atoms with Crippen molar-refractivity contribution in [3.05, 3.63) is 35.4 Å². The fourth-order valence-electron chi connectivity index (χ4n) is 2.01. The number of amides is 1. The van der Waals surface area contributed by atoms with Gasteiger partial charge in [0.2, 0.25) is 5.91 Å². The lowest BCUT2D eigenvalue weighted by Gasteiger charge is -2.18. The molecule has 1 rings (SSSR count). The number of hydrogen-bond acceptors (Lipinski definition) is 2. The summed E-state index contributed by atoms with van der Waals surface area (Å²) in [5, 5.41) is 6.07. The normalized spacial score (nSPS) is 13.5. The lowest BCUT2D eigenvalue weighted by molar-refractivity contribution is -0.125. The zero-order valence-electron chi connectivity index (χ0n) is 13.1. The molecule has 0 aromatic heterocycles. The van der Waals surface area contributed by atoms with Gasteiger partial charge in [-0.2, -0.15) is 0 Å². The van der Waals surface area contributed by atoms with Gasteiger partial charge in [-0.1, -0.05) is 45.0 Å². The third-order valence-corrected chi connectivity index (χ3v) is 3.42. The summed E-state index contributed by atoms with van der Waals surface area (Å²) in [5.74, 6) is 0.617. The fourth-order valence-corrected chi connectivity index (χ4v) is 2.01. The molecule has 114 valence electrons. The van der Waals surface area contributed by atoms with E-state index < -0.39 is 0 Å². The van der Waals surface area contributed by atoms with Crippen molar-refractivity contribution in [2.45, 2.75) is 39.7 Å². The number of hydrogen-bond donors (Lipinski definition) is 2. The first kappa shape index (κ1) is 18.9. The number of nitrogens with one attached hydrogen (secondary N) is 2. The van der Waals surface area contributed by atoms with E-state index in [9.17, 15) is 4.79 Å². The van der Waals surface area contributed by atoms with Crippen molar-refractivity contribution in [2.24, 2.45) is 5.92 Å². The third kappa shape index (κ3) is 5.51. The van der Waals surface area contributed by atoms with Crippen molar-refractivity contribution in [1.29, 1.82) is 0 Å². The molecule has 0 radical (unpaired) electrons. The van der Waals surface area contributed by atoms with Crippen LogP contribution in [0.4, 0.5) is 0 Å². The zero-order chi connectivity index (χ0) is 14.4. The minimum Gasteiger partial charge on any atom is -0.349 e. The van der Waals surface area contributed by atoms with Crippen LogP contribution in [0.25, 0.3) is 0 Å². The Balaban J connectivity index is 0.00000361. The van der Waals surface area contributed by atoms with Crippen LogP contribution in [-0.4, -0.2) is 19.5 Å². The maximum Gasteiger partial charge on any atom is 0.224 e. The molecule has 0 saturated heterocycles. The molecule has 0 bridgehead atoms. The Morgan fingerprint density at radius 2 is 1.55 bits per heavy atom. The lowest BCUT2D eigenvalue weighted by Crippen LogP contribution is -2.35. The average Bonchev–Trinajstić information content (AvgIpc) is 2.38. The van der Waals surface area contributed by atoms with Crippen LogP contribution in [0.1, 0.15) is 50.8 Å². The van der Waals surface area contributed by atoms with Gasteiger partial charge >= 0.3 is 0 Å². The summed E-state index contributed by atoms with van der Waals surface area (Å²) in [7, 11) is 1.86. The van der Waals surface area contributed by atoms with Gasteiger partial charge in [-0.05, 0) is 31.0 Å². The standard InChI is InChI=1S/C16H26N2O.ClH/c1-11(2)14-6-8-15(9-7-14)13(4)18-16(19)12(3)10-17-5;/h6-9,11-13,17H,10H2,1-5H3,(H,18,19);1H. The van der Waals surface area contributed by atoms with Gasteiger partial charge in [0, 0.05) is 12.5 Å². The van der Waals surface area contributed by atoms with E-state index in [0.29, 0.717) is 12.5 Å². The molecule has 0 aliphatic rings. The first-order valence-electron chi connectivity index (χ1n) is 7.00. The Morgan fingerprint density at radius 3 is 2.00 bits per heavy atom. The van der Waals surface area contributed by atoms with E-state index in [-0.39, 0.29) is 30.3 Å². The smallest absolute Gasteiger partial charge is 0.224 e. The van der Waals surface area contributed by atoms with E-state index in [4.69, 9.17) is 0 Å². The van der Waals surface area contributed by atoms with Gasteiger partial charge in [-0.15, -0.1) is 12.4 Å². The first-order valence-corrected chi connectivity index (χ1v) is 7.00. The quantitative estimate of drug-likeness (QED) is 0.846. The van der Waals surface area contributed by atoms with Crippen LogP contribution >= 0.6 is 12.4 Å².